The van der Waals surface area contributed by atoms with Crippen LogP contribution in [0.25, 0.3) is 0 Å². The first-order valence-corrected chi connectivity index (χ1v) is 5.23. The van der Waals surface area contributed by atoms with Gasteiger partial charge in [0.2, 0.25) is 0 Å². The molecule has 0 aliphatic heterocycles. The van der Waals surface area contributed by atoms with Crippen molar-refractivity contribution in [3.63, 3.8) is 0 Å². The molecule has 0 fully saturated rings. The lowest BCUT2D eigenvalue weighted by atomic mass is 10.2. The highest BCUT2D eigenvalue weighted by atomic mass is 127. The smallest absolute Gasteiger partial charge is 0.176 e. The molecule has 1 rings (SSSR count). The molecular formula is C7H4BrClINO. The Bertz CT molecular complexity index is 329. The lowest BCUT2D eigenvalue weighted by Gasteiger charge is -2.00. The number of oxime groups is 1. The van der Waals surface area contributed by atoms with Gasteiger partial charge in [0.15, 0.2) is 5.17 Å². The number of hydrogen-bond acceptors (Lipinski definition) is 2. The van der Waals surface area contributed by atoms with Gasteiger partial charge in [0.05, 0.1) is 0 Å². The van der Waals surface area contributed by atoms with Crippen LogP contribution in [0.3, 0.4) is 0 Å². The van der Waals surface area contributed by atoms with Crippen LogP contribution in [-0.4, -0.2) is 10.4 Å². The molecule has 0 amide bonds. The molecule has 1 aromatic rings. The Morgan fingerprint density at radius 3 is 2.75 bits per heavy atom. The first-order chi connectivity index (χ1) is 5.65. The third-order valence-corrected chi connectivity index (χ3v) is 2.91. The van der Waals surface area contributed by atoms with E-state index in [1.54, 1.807) is 6.07 Å². The first kappa shape index (κ1) is 10.3. The van der Waals surface area contributed by atoms with Gasteiger partial charge in [0, 0.05) is 13.6 Å². The normalized spacial score (nSPS) is 11.8. The van der Waals surface area contributed by atoms with E-state index in [4.69, 9.17) is 16.8 Å². The summed E-state index contributed by atoms with van der Waals surface area (Å²) in [4.78, 5) is 0. The van der Waals surface area contributed by atoms with Crippen LogP contribution in [0.5, 0.6) is 0 Å². The van der Waals surface area contributed by atoms with Gasteiger partial charge in [-0.25, -0.2) is 0 Å². The van der Waals surface area contributed by atoms with Crippen LogP contribution in [0.1, 0.15) is 5.56 Å². The molecule has 0 aliphatic carbocycles. The lowest BCUT2D eigenvalue weighted by molar-refractivity contribution is 0.321. The first-order valence-electron chi connectivity index (χ1n) is 2.98. The van der Waals surface area contributed by atoms with Crippen LogP contribution in [0.15, 0.2) is 27.8 Å². The van der Waals surface area contributed by atoms with E-state index in [2.05, 4.69) is 43.7 Å². The van der Waals surface area contributed by atoms with Gasteiger partial charge < -0.3 is 5.21 Å². The van der Waals surface area contributed by atoms with Crippen molar-refractivity contribution in [2.24, 2.45) is 5.16 Å². The summed E-state index contributed by atoms with van der Waals surface area (Å²) in [6.07, 6.45) is 0. The third kappa shape index (κ3) is 2.34. The van der Waals surface area contributed by atoms with Crippen molar-refractivity contribution in [3.8, 4) is 0 Å². The molecule has 0 unspecified atom stereocenters. The molecule has 0 aromatic heterocycles. The molecule has 2 nitrogen and oxygen atoms in total. The Hall–Kier alpha value is 0.190. The highest BCUT2D eigenvalue weighted by Crippen LogP contribution is 2.20. The Balaban J connectivity index is 3.18. The number of hydrogen-bond donors (Lipinski definition) is 1. The van der Waals surface area contributed by atoms with Gasteiger partial charge in [0.1, 0.15) is 0 Å². The van der Waals surface area contributed by atoms with Crippen molar-refractivity contribution < 1.29 is 5.21 Å². The third-order valence-electron chi connectivity index (χ3n) is 1.24. The Morgan fingerprint density at radius 2 is 2.25 bits per heavy atom. The zero-order chi connectivity index (χ0) is 9.14. The minimum atomic E-state index is 0.104. The standard InChI is InChI=1S/C7H4BrClINO/c8-4-1-2-5(6(10)3-4)7(9)11-12/h1-3,12H/b11-7+. The highest BCUT2D eigenvalue weighted by molar-refractivity contribution is 14.1. The highest BCUT2D eigenvalue weighted by Gasteiger charge is 2.05. The maximum atomic E-state index is 8.42. The minimum Gasteiger partial charge on any atom is -0.410 e. The minimum absolute atomic E-state index is 0.104. The molecule has 0 bridgehead atoms. The van der Waals surface area contributed by atoms with Gasteiger partial charge in [-0.2, -0.15) is 0 Å². The average molecular weight is 360 g/mol. The van der Waals surface area contributed by atoms with E-state index in [1.165, 1.54) is 0 Å². The van der Waals surface area contributed by atoms with Gasteiger partial charge in [-0.1, -0.05) is 32.7 Å². The fourth-order valence-corrected chi connectivity index (χ4v) is 2.59. The van der Waals surface area contributed by atoms with E-state index in [0.29, 0.717) is 0 Å². The van der Waals surface area contributed by atoms with Crippen LogP contribution < -0.4 is 0 Å². The van der Waals surface area contributed by atoms with Gasteiger partial charge in [-0.05, 0) is 40.8 Å². The predicted octanol–water partition coefficient (Wildman–Crippen LogP) is 3.43. The van der Waals surface area contributed by atoms with Crippen LogP contribution >= 0.6 is 50.1 Å². The molecule has 0 heterocycles. The molecule has 0 saturated carbocycles. The van der Waals surface area contributed by atoms with Crippen LogP contribution in [0.2, 0.25) is 0 Å². The fraction of sp³-hybridized carbons (Fsp3) is 0. The number of nitrogens with zero attached hydrogens (tertiary/aromatic N) is 1. The molecule has 5 heteroatoms. The van der Waals surface area contributed by atoms with Crippen molar-refractivity contribution in [1.29, 1.82) is 0 Å². The molecule has 64 valence electrons. The van der Waals surface area contributed by atoms with Crippen molar-refractivity contribution in [2.75, 3.05) is 0 Å². The summed E-state index contributed by atoms with van der Waals surface area (Å²) in [5, 5.41) is 11.4. The van der Waals surface area contributed by atoms with Crippen molar-refractivity contribution in [2.45, 2.75) is 0 Å². The summed E-state index contributed by atoms with van der Waals surface area (Å²) in [7, 11) is 0. The molecule has 0 spiro atoms. The number of halogens is 3. The molecule has 0 atom stereocenters. The summed E-state index contributed by atoms with van der Waals surface area (Å²) >= 11 is 11.1. The van der Waals surface area contributed by atoms with Gasteiger partial charge in [-0.3, -0.25) is 0 Å². The van der Waals surface area contributed by atoms with Crippen molar-refractivity contribution >= 4 is 55.3 Å². The summed E-state index contributed by atoms with van der Waals surface area (Å²) in [5.41, 5.74) is 0.725. The van der Waals surface area contributed by atoms with E-state index >= 15 is 0 Å². The second-order valence-electron chi connectivity index (χ2n) is 2.01. The van der Waals surface area contributed by atoms with E-state index in [1.807, 2.05) is 12.1 Å². The lowest BCUT2D eigenvalue weighted by Crippen LogP contribution is -1.94. The van der Waals surface area contributed by atoms with E-state index < -0.39 is 0 Å². The molecule has 1 N–H and O–H groups in total. The quantitative estimate of drug-likeness (QED) is 0.354. The van der Waals surface area contributed by atoms with E-state index in [0.717, 1.165) is 13.6 Å². The summed E-state index contributed by atoms with van der Waals surface area (Å²) in [5.74, 6) is 0. The van der Waals surface area contributed by atoms with Crippen LogP contribution in [0, 0.1) is 3.57 Å². The van der Waals surface area contributed by atoms with Crippen LogP contribution in [-0.2, 0) is 0 Å². The maximum Gasteiger partial charge on any atom is 0.176 e. The zero-order valence-electron chi connectivity index (χ0n) is 5.76. The second kappa shape index (κ2) is 4.43. The van der Waals surface area contributed by atoms with Gasteiger partial charge >= 0.3 is 0 Å². The summed E-state index contributed by atoms with van der Waals surface area (Å²) < 4.78 is 1.91. The molecule has 12 heavy (non-hydrogen) atoms. The second-order valence-corrected chi connectivity index (χ2v) is 4.45. The Labute approximate surface area is 96.9 Å². The summed E-state index contributed by atoms with van der Waals surface area (Å²) in [6, 6.07) is 5.52. The molecule has 1 aromatic carbocycles. The number of rotatable bonds is 1. The zero-order valence-corrected chi connectivity index (χ0v) is 10.3. The van der Waals surface area contributed by atoms with Gasteiger partial charge in [0.25, 0.3) is 0 Å². The largest absolute Gasteiger partial charge is 0.410 e. The average Bonchev–Trinajstić information content (AvgIpc) is 2.03. The predicted molar refractivity (Wildman–Crippen MR) is 61.0 cm³/mol. The van der Waals surface area contributed by atoms with Crippen LogP contribution in [0.4, 0.5) is 0 Å². The molecule has 0 radical (unpaired) electrons. The fourth-order valence-electron chi connectivity index (χ4n) is 0.711. The van der Waals surface area contributed by atoms with Crippen molar-refractivity contribution in [1.82, 2.24) is 0 Å². The SMILES string of the molecule is O/N=C(/Cl)c1ccc(Br)cc1I. The topological polar surface area (TPSA) is 32.6 Å². The molecule has 0 aliphatic rings. The van der Waals surface area contributed by atoms with Crippen molar-refractivity contribution in [3.05, 3.63) is 31.8 Å². The molecular weight excluding hydrogens is 356 g/mol. The number of benzene rings is 1. The summed E-state index contributed by atoms with van der Waals surface area (Å²) in [6.45, 7) is 0. The van der Waals surface area contributed by atoms with E-state index in [-0.39, 0.29) is 5.17 Å². The monoisotopic (exact) mass is 359 g/mol. The maximum absolute atomic E-state index is 8.42. The Kier molecular flexibility index (Phi) is 3.79. The van der Waals surface area contributed by atoms with Gasteiger partial charge in [-0.15, -0.1) is 0 Å². The Morgan fingerprint density at radius 1 is 1.58 bits per heavy atom. The molecule has 0 saturated heterocycles. The van der Waals surface area contributed by atoms with E-state index in [9.17, 15) is 0 Å².